The van der Waals surface area contributed by atoms with Gasteiger partial charge in [0.15, 0.2) is 0 Å². The van der Waals surface area contributed by atoms with Crippen molar-refractivity contribution in [2.24, 2.45) is 5.41 Å². The monoisotopic (exact) mass is 308 g/mol. The highest BCUT2D eigenvalue weighted by Crippen LogP contribution is 2.54. The van der Waals surface area contributed by atoms with Gasteiger partial charge < -0.3 is 4.74 Å². The van der Waals surface area contributed by atoms with Crippen LogP contribution in [-0.2, 0) is 16.8 Å². The standard InChI is InChI=1S/C22H28O/c1-18-10-7-8-11-19(18)16-23-17-21(2)14-9-15-22(21,3)20-12-5-4-6-13-20/h4-8,10-13H,9,14-17H2,1-3H3/t21-,22+/m0/s1. The van der Waals surface area contributed by atoms with Crippen LogP contribution in [0.15, 0.2) is 54.6 Å². The lowest BCUT2D eigenvalue weighted by atomic mass is 9.64. The van der Waals surface area contributed by atoms with E-state index in [2.05, 4.69) is 75.4 Å². The Balaban J connectivity index is 1.72. The quantitative estimate of drug-likeness (QED) is 0.692. The summed E-state index contributed by atoms with van der Waals surface area (Å²) in [6.07, 6.45) is 3.78. The van der Waals surface area contributed by atoms with Gasteiger partial charge in [-0.05, 0) is 36.5 Å². The third kappa shape index (κ3) is 3.07. The molecule has 0 saturated heterocycles. The molecule has 0 radical (unpaired) electrons. The summed E-state index contributed by atoms with van der Waals surface area (Å²) in [6, 6.07) is 19.5. The molecule has 0 aliphatic heterocycles. The number of benzene rings is 2. The van der Waals surface area contributed by atoms with E-state index in [0.717, 1.165) is 6.61 Å². The number of aryl methyl sites for hydroxylation is 1. The van der Waals surface area contributed by atoms with Crippen LogP contribution in [0.3, 0.4) is 0 Å². The molecule has 0 unspecified atom stereocenters. The lowest BCUT2D eigenvalue weighted by molar-refractivity contribution is 0.0127. The fourth-order valence-electron chi connectivity index (χ4n) is 4.10. The van der Waals surface area contributed by atoms with Crippen LogP contribution in [0.1, 0.15) is 49.8 Å². The van der Waals surface area contributed by atoms with E-state index in [1.165, 1.54) is 36.0 Å². The van der Waals surface area contributed by atoms with Crippen molar-refractivity contribution in [2.45, 2.75) is 52.1 Å². The maximum atomic E-state index is 6.20. The SMILES string of the molecule is Cc1ccccc1COC[C@]1(C)CCC[C@]1(C)c1ccccc1. The van der Waals surface area contributed by atoms with Crippen LogP contribution in [0.25, 0.3) is 0 Å². The Morgan fingerprint density at radius 2 is 1.61 bits per heavy atom. The minimum Gasteiger partial charge on any atom is -0.376 e. The van der Waals surface area contributed by atoms with E-state index < -0.39 is 0 Å². The Hall–Kier alpha value is -1.60. The summed E-state index contributed by atoms with van der Waals surface area (Å²) in [5.74, 6) is 0. The van der Waals surface area contributed by atoms with Crippen LogP contribution in [0.2, 0.25) is 0 Å². The van der Waals surface area contributed by atoms with Crippen molar-refractivity contribution in [3.05, 3.63) is 71.3 Å². The smallest absolute Gasteiger partial charge is 0.0719 e. The van der Waals surface area contributed by atoms with Crippen molar-refractivity contribution in [2.75, 3.05) is 6.61 Å². The molecule has 2 atom stereocenters. The zero-order chi connectivity index (χ0) is 16.3. The van der Waals surface area contributed by atoms with E-state index in [1.54, 1.807) is 0 Å². The third-order valence-electron chi connectivity index (χ3n) is 6.09. The second kappa shape index (κ2) is 6.49. The Labute approximate surface area is 140 Å². The molecule has 1 aliphatic carbocycles. The number of hydrogen-bond acceptors (Lipinski definition) is 1. The number of ether oxygens (including phenoxy) is 1. The molecule has 0 N–H and O–H groups in total. The van der Waals surface area contributed by atoms with E-state index >= 15 is 0 Å². The van der Waals surface area contributed by atoms with E-state index in [-0.39, 0.29) is 10.8 Å². The molecular formula is C22H28O. The molecule has 1 saturated carbocycles. The molecule has 0 amide bonds. The van der Waals surface area contributed by atoms with Crippen LogP contribution in [-0.4, -0.2) is 6.61 Å². The highest BCUT2D eigenvalue weighted by Gasteiger charge is 2.49. The predicted octanol–water partition coefficient (Wildman–Crippen LogP) is 5.66. The summed E-state index contributed by atoms with van der Waals surface area (Å²) in [5, 5.41) is 0. The molecule has 3 rings (SSSR count). The lowest BCUT2D eigenvalue weighted by Gasteiger charge is -2.41. The first kappa shape index (κ1) is 16.3. The van der Waals surface area contributed by atoms with Gasteiger partial charge in [-0.1, -0.05) is 74.9 Å². The molecule has 1 fully saturated rings. The van der Waals surface area contributed by atoms with Crippen LogP contribution >= 0.6 is 0 Å². The predicted molar refractivity (Wildman–Crippen MR) is 96.6 cm³/mol. The molecule has 2 aromatic carbocycles. The molecule has 1 aliphatic rings. The first-order valence-electron chi connectivity index (χ1n) is 8.73. The van der Waals surface area contributed by atoms with Gasteiger partial charge >= 0.3 is 0 Å². The Kier molecular flexibility index (Phi) is 4.59. The first-order chi connectivity index (χ1) is 11.1. The molecule has 1 heteroatoms. The van der Waals surface area contributed by atoms with Crippen molar-refractivity contribution >= 4 is 0 Å². The van der Waals surface area contributed by atoms with Crippen molar-refractivity contribution in [1.82, 2.24) is 0 Å². The van der Waals surface area contributed by atoms with Crippen LogP contribution in [0.4, 0.5) is 0 Å². The topological polar surface area (TPSA) is 9.23 Å². The van der Waals surface area contributed by atoms with Gasteiger partial charge in [0, 0.05) is 10.8 Å². The van der Waals surface area contributed by atoms with Gasteiger partial charge in [0.05, 0.1) is 13.2 Å². The maximum absolute atomic E-state index is 6.20. The van der Waals surface area contributed by atoms with Gasteiger partial charge in [-0.3, -0.25) is 0 Å². The minimum atomic E-state index is 0.205. The fraction of sp³-hybridized carbons (Fsp3) is 0.455. The van der Waals surface area contributed by atoms with Crippen LogP contribution < -0.4 is 0 Å². The molecule has 23 heavy (non-hydrogen) atoms. The van der Waals surface area contributed by atoms with Gasteiger partial charge in [-0.15, -0.1) is 0 Å². The normalized spacial score (nSPS) is 27.3. The summed E-state index contributed by atoms with van der Waals surface area (Å²) >= 11 is 0. The minimum absolute atomic E-state index is 0.205. The molecule has 0 spiro atoms. The second-order valence-electron chi connectivity index (χ2n) is 7.53. The first-order valence-corrected chi connectivity index (χ1v) is 8.73. The average molecular weight is 308 g/mol. The van der Waals surface area contributed by atoms with E-state index in [4.69, 9.17) is 4.74 Å². The van der Waals surface area contributed by atoms with Crippen LogP contribution in [0, 0.1) is 12.3 Å². The fourth-order valence-corrected chi connectivity index (χ4v) is 4.10. The maximum Gasteiger partial charge on any atom is 0.0719 e. The van der Waals surface area contributed by atoms with E-state index in [0.29, 0.717) is 6.61 Å². The van der Waals surface area contributed by atoms with Gasteiger partial charge in [-0.25, -0.2) is 0 Å². The molecular weight excluding hydrogens is 280 g/mol. The zero-order valence-electron chi connectivity index (χ0n) is 14.6. The summed E-state index contributed by atoms with van der Waals surface area (Å²) in [6.45, 7) is 8.53. The molecule has 1 nitrogen and oxygen atoms in total. The number of rotatable bonds is 5. The van der Waals surface area contributed by atoms with Gasteiger partial charge in [0.2, 0.25) is 0 Å². The Morgan fingerprint density at radius 3 is 2.35 bits per heavy atom. The average Bonchev–Trinajstić information content (AvgIpc) is 2.87. The third-order valence-corrected chi connectivity index (χ3v) is 6.09. The highest BCUT2D eigenvalue weighted by molar-refractivity contribution is 5.29. The highest BCUT2D eigenvalue weighted by atomic mass is 16.5. The summed E-state index contributed by atoms with van der Waals surface area (Å²) < 4.78 is 6.20. The van der Waals surface area contributed by atoms with Crippen molar-refractivity contribution < 1.29 is 4.74 Å². The molecule has 0 heterocycles. The van der Waals surface area contributed by atoms with Crippen molar-refractivity contribution in [3.8, 4) is 0 Å². The van der Waals surface area contributed by atoms with Gasteiger partial charge in [0.25, 0.3) is 0 Å². The van der Waals surface area contributed by atoms with Gasteiger partial charge in [-0.2, -0.15) is 0 Å². The molecule has 122 valence electrons. The Bertz CT molecular complexity index is 648. The van der Waals surface area contributed by atoms with E-state index in [9.17, 15) is 0 Å². The molecule has 0 bridgehead atoms. The second-order valence-corrected chi connectivity index (χ2v) is 7.53. The van der Waals surface area contributed by atoms with Gasteiger partial charge in [0.1, 0.15) is 0 Å². The summed E-state index contributed by atoms with van der Waals surface area (Å²) in [5.41, 5.74) is 4.49. The van der Waals surface area contributed by atoms with E-state index in [1.807, 2.05) is 0 Å². The summed E-state index contributed by atoms with van der Waals surface area (Å²) in [7, 11) is 0. The van der Waals surface area contributed by atoms with Crippen molar-refractivity contribution in [3.63, 3.8) is 0 Å². The largest absolute Gasteiger partial charge is 0.376 e. The lowest BCUT2D eigenvalue weighted by Crippen LogP contribution is -2.40. The Morgan fingerprint density at radius 1 is 0.913 bits per heavy atom. The van der Waals surface area contributed by atoms with Crippen LogP contribution in [0.5, 0.6) is 0 Å². The van der Waals surface area contributed by atoms with Crippen molar-refractivity contribution in [1.29, 1.82) is 0 Å². The summed E-state index contributed by atoms with van der Waals surface area (Å²) in [4.78, 5) is 0. The molecule has 0 aromatic heterocycles. The molecule has 2 aromatic rings. The number of hydrogen-bond donors (Lipinski definition) is 0. The zero-order valence-corrected chi connectivity index (χ0v) is 14.6.